The van der Waals surface area contributed by atoms with Gasteiger partial charge in [-0.1, -0.05) is 42.5 Å². The molecule has 146 valence electrons. The van der Waals surface area contributed by atoms with E-state index in [4.69, 9.17) is 0 Å². The molecule has 0 amide bonds. The van der Waals surface area contributed by atoms with Crippen molar-refractivity contribution in [3.05, 3.63) is 71.9 Å². The summed E-state index contributed by atoms with van der Waals surface area (Å²) in [6.45, 7) is 0. The second-order valence-corrected chi connectivity index (χ2v) is 8.31. The Balaban J connectivity index is 1.67. The first-order valence-corrected chi connectivity index (χ1v) is 10.1. The highest BCUT2D eigenvalue weighted by Gasteiger charge is 2.31. The summed E-state index contributed by atoms with van der Waals surface area (Å²) >= 11 is 0. The van der Waals surface area contributed by atoms with Gasteiger partial charge in [-0.3, -0.25) is 4.79 Å². The molecule has 28 heavy (non-hydrogen) atoms. The van der Waals surface area contributed by atoms with E-state index < -0.39 is 26.6 Å². The largest absolute Gasteiger partial charge is 0.417 e. The van der Waals surface area contributed by atoms with Crippen LogP contribution in [0.1, 0.15) is 28.8 Å². The van der Waals surface area contributed by atoms with E-state index in [9.17, 15) is 26.4 Å². The van der Waals surface area contributed by atoms with Gasteiger partial charge in [0, 0.05) is 18.2 Å². The van der Waals surface area contributed by atoms with Crippen LogP contribution in [0.3, 0.4) is 0 Å². The number of hydrogen-bond acceptors (Lipinski definition) is 4. The molecule has 0 bridgehead atoms. The smallest absolute Gasteiger partial charge is 0.294 e. The van der Waals surface area contributed by atoms with Gasteiger partial charge >= 0.3 is 6.18 Å². The number of carbonyl (C=O) groups is 1. The van der Waals surface area contributed by atoms with Crippen molar-refractivity contribution >= 4 is 26.4 Å². The summed E-state index contributed by atoms with van der Waals surface area (Å²) in [7, 11) is -3.87. The Labute approximate surface area is 159 Å². The number of benzene rings is 2. The second-order valence-electron chi connectivity index (χ2n) is 6.26. The summed E-state index contributed by atoms with van der Waals surface area (Å²) < 4.78 is 62.2. The van der Waals surface area contributed by atoms with Gasteiger partial charge in [0.05, 0.1) is 11.3 Å². The van der Waals surface area contributed by atoms with Gasteiger partial charge in [-0.05, 0) is 29.3 Å². The van der Waals surface area contributed by atoms with E-state index >= 15 is 0 Å². The predicted molar refractivity (Wildman–Crippen MR) is 98.8 cm³/mol. The first kappa shape index (κ1) is 20.0. The fourth-order valence-corrected chi connectivity index (χ4v) is 4.08. The summed E-state index contributed by atoms with van der Waals surface area (Å²) in [5.41, 5.74) is -0.499. The molecule has 1 aromatic heterocycles. The lowest BCUT2D eigenvalue weighted by Crippen LogP contribution is -2.12. The van der Waals surface area contributed by atoms with E-state index in [1.807, 2.05) is 30.3 Å². The van der Waals surface area contributed by atoms with Crippen LogP contribution in [0.15, 0.2) is 65.8 Å². The van der Waals surface area contributed by atoms with Crippen molar-refractivity contribution in [2.24, 2.45) is 0 Å². The molecule has 3 rings (SSSR count). The van der Waals surface area contributed by atoms with Gasteiger partial charge in [-0.15, -0.1) is 0 Å². The van der Waals surface area contributed by atoms with Crippen molar-refractivity contribution in [3.8, 4) is 0 Å². The molecule has 2 aromatic carbocycles. The van der Waals surface area contributed by atoms with Gasteiger partial charge in [-0.25, -0.2) is 13.4 Å². The molecule has 0 N–H and O–H groups in total. The van der Waals surface area contributed by atoms with Gasteiger partial charge in [-0.2, -0.15) is 13.2 Å². The number of aromatic nitrogens is 1. The normalized spacial score (nSPS) is 12.2. The van der Waals surface area contributed by atoms with Gasteiger partial charge in [0.1, 0.15) is 0 Å². The maximum absolute atomic E-state index is 12.6. The molecule has 0 atom stereocenters. The van der Waals surface area contributed by atoms with Crippen LogP contribution < -0.4 is 0 Å². The molecule has 1 heterocycles. The number of hydrogen-bond donors (Lipinski definition) is 0. The van der Waals surface area contributed by atoms with Crippen molar-refractivity contribution in [1.82, 2.24) is 4.98 Å². The van der Waals surface area contributed by atoms with Gasteiger partial charge < -0.3 is 0 Å². The minimum Gasteiger partial charge on any atom is -0.294 e. The Bertz CT molecular complexity index is 1100. The van der Waals surface area contributed by atoms with Crippen molar-refractivity contribution in [3.63, 3.8) is 0 Å². The summed E-state index contributed by atoms with van der Waals surface area (Å²) in [6.07, 6.45) is -4.03. The minimum atomic E-state index is -4.58. The number of ketones is 1. The van der Waals surface area contributed by atoms with Gasteiger partial charge in [0.2, 0.25) is 0 Å². The van der Waals surface area contributed by atoms with E-state index in [0.717, 1.165) is 16.8 Å². The molecule has 0 radical (unpaired) electrons. The highest BCUT2D eigenvalue weighted by Crippen LogP contribution is 2.29. The van der Waals surface area contributed by atoms with E-state index in [2.05, 4.69) is 4.98 Å². The first-order valence-electron chi connectivity index (χ1n) is 8.45. The number of rotatable bonds is 6. The quantitative estimate of drug-likeness (QED) is 0.556. The Morgan fingerprint density at radius 2 is 1.68 bits per heavy atom. The van der Waals surface area contributed by atoms with E-state index in [0.29, 0.717) is 17.8 Å². The lowest BCUT2D eigenvalue weighted by molar-refractivity contribution is -0.137. The third-order valence-corrected chi connectivity index (χ3v) is 5.99. The Morgan fingerprint density at radius 1 is 0.964 bits per heavy atom. The zero-order valence-corrected chi connectivity index (χ0v) is 15.4. The molecule has 0 saturated carbocycles. The monoisotopic (exact) mass is 407 g/mol. The molecule has 4 nitrogen and oxygen atoms in total. The lowest BCUT2D eigenvalue weighted by Gasteiger charge is -2.08. The van der Waals surface area contributed by atoms with Crippen molar-refractivity contribution < 1.29 is 26.4 Å². The summed E-state index contributed by atoms with van der Waals surface area (Å²) in [6, 6.07) is 14.2. The fourth-order valence-electron chi connectivity index (χ4n) is 2.86. The zero-order valence-electron chi connectivity index (χ0n) is 14.6. The Kier molecular flexibility index (Phi) is 5.51. The van der Waals surface area contributed by atoms with Crippen molar-refractivity contribution in [2.75, 3.05) is 5.75 Å². The number of carbonyl (C=O) groups excluding carboxylic acids is 1. The summed E-state index contributed by atoms with van der Waals surface area (Å²) in [5, 5.41) is 1.27. The van der Waals surface area contributed by atoms with Crippen LogP contribution in [0.4, 0.5) is 13.2 Å². The molecule has 0 aliphatic carbocycles. The number of sulfone groups is 1. The molecule has 0 spiro atoms. The van der Waals surface area contributed by atoms with E-state index in [1.165, 1.54) is 0 Å². The molecule has 0 unspecified atom stereocenters. The fraction of sp³-hybridized carbons (Fsp3) is 0.200. The SMILES string of the molecule is O=C(CCCS(=O)(=O)c1ccc(C(F)(F)F)cn1)c1cccc2ccccc12. The molecule has 3 aromatic rings. The predicted octanol–water partition coefficient (Wildman–Crippen LogP) is 4.69. The average molecular weight is 407 g/mol. The maximum atomic E-state index is 12.6. The number of alkyl halides is 3. The van der Waals surface area contributed by atoms with Crippen LogP contribution in [-0.2, 0) is 16.0 Å². The molecule has 0 aliphatic heterocycles. The molecule has 0 aliphatic rings. The highest BCUT2D eigenvalue weighted by atomic mass is 32.2. The van der Waals surface area contributed by atoms with E-state index in [-0.39, 0.29) is 24.4 Å². The molecular formula is C20H16F3NO3S. The average Bonchev–Trinajstić information content (AvgIpc) is 2.66. The topological polar surface area (TPSA) is 64.1 Å². The van der Waals surface area contributed by atoms with Gasteiger partial charge in [0.15, 0.2) is 20.6 Å². The number of fused-ring (bicyclic) bond motifs is 1. The Morgan fingerprint density at radius 3 is 2.36 bits per heavy atom. The number of pyridine rings is 1. The number of nitrogens with zero attached hydrogens (tertiary/aromatic N) is 1. The highest BCUT2D eigenvalue weighted by molar-refractivity contribution is 7.91. The third kappa shape index (κ3) is 4.39. The van der Waals surface area contributed by atoms with Crippen molar-refractivity contribution in [2.45, 2.75) is 24.0 Å². The van der Waals surface area contributed by atoms with Gasteiger partial charge in [0.25, 0.3) is 0 Å². The molecule has 8 heteroatoms. The lowest BCUT2D eigenvalue weighted by atomic mass is 9.99. The van der Waals surface area contributed by atoms with Crippen LogP contribution in [0.2, 0.25) is 0 Å². The van der Waals surface area contributed by atoms with E-state index in [1.54, 1.807) is 12.1 Å². The number of Topliss-reactive ketones (excluding diaryl/α,β-unsaturated/α-hetero) is 1. The molecule has 0 fully saturated rings. The standard InChI is InChI=1S/C20H16F3NO3S/c21-20(22,23)15-10-11-19(24-13-15)28(26,27)12-4-9-18(25)17-8-3-6-14-5-1-2-7-16(14)17/h1-3,5-8,10-11,13H,4,9,12H2. The number of halogens is 3. The zero-order chi connectivity index (χ0) is 20.4. The molecular weight excluding hydrogens is 391 g/mol. The first-order chi connectivity index (χ1) is 13.2. The Hall–Kier alpha value is -2.74. The van der Waals surface area contributed by atoms with Crippen LogP contribution in [-0.4, -0.2) is 24.9 Å². The van der Waals surface area contributed by atoms with Crippen LogP contribution in [0.25, 0.3) is 10.8 Å². The molecule has 0 saturated heterocycles. The van der Waals surface area contributed by atoms with Crippen LogP contribution >= 0.6 is 0 Å². The third-order valence-electron chi connectivity index (χ3n) is 4.29. The van der Waals surface area contributed by atoms with Crippen LogP contribution in [0.5, 0.6) is 0 Å². The van der Waals surface area contributed by atoms with Crippen molar-refractivity contribution in [1.29, 1.82) is 0 Å². The second kappa shape index (κ2) is 7.71. The maximum Gasteiger partial charge on any atom is 0.417 e. The summed E-state index contributed by atoms with van der Waals surface area (Å²) in [5.74, 6) is -0.561. The van der Waals surface area contributed by atoms with Crippen LogP contribution in [0, 0.1) is 0 Å². The summed E-state index contributed by atoms with van der Waals surface area (Å²) in [4.78, 5) is 15.9. The minimum absolute atomic E-state index is 0.00781.